The van der Waals surface area contributed by atoms with Crippen LogP contribution in [0.5, 0.6) is 0 Å². The Hall–Kier alpha value is -1.61. The van der Waals surface area contributed by atoms with E-state index in [0.717, 1.165) is 53.4 Å². The molecule has 2 unspecified atom stereocenters. The Bertz CT molecular complexity index is 646. The molecule has 0 aromatic heterocycles. The molecule has 4 heteroatoms. The number of aryl methyl sites for hydroxylation is 1. The first-order chi connectivity index (χ1) is 11.6. The Balaban J connectivity index is 2.46. The largest absolute Gasteiger partial charge is 0.345 e. The van der Waals surface area contributed by atoms with Gasteiger partial charge in [0, 0.05) is 10.9 Å². The fourth-order valence-electron chi connectivity index (χ4n) is 3.00. The van der Waals surface area contributed by atoms with Crippen LogP contribution in [0.15, 0.2) is 40.0 Å². The Kier molecular flexibility index (Phi) is 7.04. The van der Waals surface area contributed by atoms with E-state index in [9.17, 15) is 0 Å². The second kappa shape index (κ2) is 9.03. The van der Waals surface area contributed by atoms with Crippen molar-refractivity contribution in [1.29, 1.82) is 0 Å². The number of allylic oxidation sites excluding steroid dienone is 1. The molecule has 0 radical (unpaired) electrons. The molecule has 2 rings (SSSR count). The third-order valence-electron chi connectivity index (χ3n) is 4.46. The van der Waals surface area contributed by atoms with Gasteiger partial charge in [-0.1, -0.05) is 38.8 Å². The summed E-state index contributed by atoms with van der Waals surface area (Å²) >= 11 is 6.09. The quantitative estimate of drug-likeness (QED) is 0.619. The van der Waals surface area contributed by atoms with Crippen molar-refractivity contribution in [1.82, 2.24) is 5.32 Å². The maximum Gasteiger partial charge on any atom is 0.0875 e. The SMILES string of the molecule is CCCC(CC)C(=Nc1ccc(Cl)cc1C)C1=CC(CC)N=CN1. The fourth-order valence-corrected chi connectivity index (χ4v) is 3.22. The summed E-state index contributed by atoms with van der Waals surface area (Å²) in [5, 5.41) is 4.07. The maximum absolute atomic E-state index is 6.09. The highest BCUT2D eigenvalue weighted by atomic mass is 35.5. The van der Waals surface area contributed by atoms with Gasteiger partial charge in [-0.3, -0.25) is 9.98 Å². The normalized spacial score (nSPS) is 19.0. The van der Waals surface area contributed by atoms with E-state index in [1.165, 1.54) is 0 Å². The Morgan fingerprint density at radius 2 is 2.12 bits per heavy atom. The lowest BCUT2D eigenvalue weighted by molar-refractivity contribution is 0.592. The zero-order chi connectivity index (χ0) is 17.5. The summed E-state index contributed by atoms with van der Waals surface area (Å²) in [5.74, 6) is 0.438. The second-order valence-corrected chi connectivity index (χ2v) is 6.74. The van der Waals surface area contributed by atoms with Crippen LogP contribution in [0.2, 0.25) is 5.02 Å². The lowest BCUT2D eigenvalue weighted by Gasteiger charge is -2.23. The third kappa shape index (κ3) is 4.70. The van der Waals surface area contributed by atoms with Gasteiger partial charge in [0.05, 0.1) is 29.5 Å². The van der Waals surface area contributed by atoms with Gasteiger partial charge >= 0.3 is 0 Å². The summed E-state index contributed by atoms with van der Waals surface area (Å²) in [6.07, 6.45) is 8.38. The number of aliphatic imine (C=N–C) groups is 2. The lowest BCUT2D eigenvalue weighted by Crippen LogP contribution is -2.29. The van der Waals surface area contributed by atoms with Gasteiger partial charge in [0.2, 0.25) is 0 Å². The molecule has 1 N–H and O–H groups in total. The van der Waals surface area contributed by atoms with Crippen molar-refractivity contribution in [3.63, 3.8) is 0 Å². The molecule has 1 aromatic carbocycles. The van der Waals surface area contributed by atoms with Crippen LogP contribution in [-0.2, 0) is 0 Å². The summed E-state index contributed by atoms with van der Waals surface area (Å²) in [5.41, 5.74) is 4.33. The van der Waals surface area contributed by atoms with E-state index in [1.807, 2.05) is 24.5 Å². The van der Waals surface area contributed by atoms with Crippen LogP contribution in [0.25, 0.3) is 0 Å². The summed E-state index contributed by atoms with van der Waals surface area (Å²) < 4.78 is 0. The van der Waals surface area contributed by atoms with Gasteiger partial charge in [-0.25, -0.2) is 0 Å². The molecule has 1 aliphatic rings. The van der Waals surface area contributed by atoms with Crippen LogP contribution in [0.1, 0.15) is 52.0 Å². The van der Waals surface area contributed by atoms with Gasteiger partial charge in [-0.05, 0) is 56.0 Å². The standard InChI is InChI=1S/C20H28ClN3/c1-5-8-15(6-2)20(19-12-17(7-3)22-13-23-19)24-18-10-9-16(21)11-14(18)4/h9-13,15,17H,5-8H2,1-4H3,(H,22,23). The molecule has 0 spiro atoms. The van der Waals surface area contributed by atoms with E-state index in [2.05, 4.69) is 44.1 Å². The van der Waals surface area contributed by atoms with E-state index in [0.29, 0.717) is 5.92 Å². The predicted octanol–water partition coefficient (Wildman–Crippen LogP) is 5.84. The molecule has 0 aliphatic carbocycles. The molecule has 130 valence electrons. The number of rotatable bonds is 7. The summed E-state index contributed by atoms with van der Waals surface area (Å²) in [6.45, 7) is 8.68. The summed E-state index contributed by atoms with van der Waals surface area (Å²) in [4.78, 5) is 9.51. The molecule has 0 saturated carbocycles. The van der Waals surface area contributed by atoms with Crippen molar-refractivity contribution in [2.24, 2.45) is 15.9 Å². The number of nitrogens with zero attached hydrogens (tertiary/aromatic N) is 2. The summed E-state index contributed by atoms with van der Waals surface area (Å²) in [7, 11) is 0. The highest BCUT2D eigenvalue weighted by Crippen LogP contribution is 2.27. The van der Waals surface area contributed by atoms with Gasteiger partial charge in [0.15, 0.2) is 0 Å². The zero-order valence-corrected chi connectivity index (χ0v) is 15.9. The molecule has 0 amide bonds. The highest BCUT2D eigenvalue weighted by Gasteiger charge is 2.20. The van der Waals surface area contributed by atoms with Gasteiger partial charge in [-0.15, -0.1) is 0 Å². The molecule has 0 fully saturated rings. The number of halogens is 1. The third-order valence-corrected chi connectivity index (χ3v) is 4.69. The van der Waals surface area contributed by atoms with Crippen LogP contribution in [-0.4, -0.2) is 18.1 Å². The first kappa shape index (κ1) is 18.7. The highest BCUT2D eigenvalue weighted by molar-refractivity contribution is 6.30. The van der Waals surface area contributed by atoms with Gasteiger partial charge in [-0.2, -0.15) is 0 Å². The molecule has 2 atom stereocenters. The lowest BCUT2D eigenvalue weighted by atomic mass is 9.91. The predicted molar refractivity (Wildman–Crippen MR) is 106 cm³/mol. The second-order valence-electron chi connectivity index (χ2n) is 6.30. The van der Waals surface area contributed by atoms with Gasteiger partial charge < -0.3 is 5.32 Å². The number of benzene rings is 1. The molecule has 24 heavy (non-hydrogen) atoms. The van der Waals surface area contributed by atoms with E-state index < -0.39 is 0 Å². The molecular weight excluding hydrogens is 318 g/mol. The zero-order valence-electron chi connectivity index (χ0n) is 15.1. The van der Waals surface area contributed by atoms with Crippen LogP contribution >= 0.6 is 11.6 Å². The molecule has 1 aliphatic heterocycles. The topological polar surface area (TPSA) is 36.8 Å². The molecule has 0 saturated heterocycles. The minimum absolute atomic E-state index is 0.233. The average Bonchev–Trinajstić information content (AvgIpc) is 2.59. The molecular formula is C20H28ClN3. The minimum atomic E-state index is 0.233. The van der Waals surface area contributed by atoms with Gasteiger partial charge in [0.25, 0.3) is 0 Å². The van der Waals surface area contributed by atoms with E-state index in [1.54, 1.807) is 0 Å². The van der Waals surface area contributed by atoms with Crippen molar-refractivity contribution < 1.29 is 0 Å². The maximum atomic E-state index is 6.09. The van der Waals surface area contributed by atoms with Crippen molar-refractivity contribution in [2.45, 2.75) is 59.4 Å². The number of hydrogen-bond donors (Lipinski definition) is 1. The monoisotopic (exact) mass is 345 g/mol. The Labute approximate surface area is 150 Å². The average molecular weight is 346 g/mol. The van der Waals surface area contributed by atoms with Crippen LogP contribution in [0.4, 0.5) is 5.69 Å². The van der Waals surface area contributed by atoms with Crippen molar-refractivity contribution >= 4 is 29.3 Å². The first-order valence-electron chi connectivity index (χ1n) is 8.94. The Morgan fingerprint density at radius 1 is 1.33 bits per heavy atom. The van der Waals surface area contributed by atoms with Crippen molar-refractivity contribution in [3.05, 3.63) is 40.6 Å². The first-order valence-corrected chi connectivity index (χ1v) is 9.31. The molecule has 1 aromatic rings. The van der Waals surface area contributed by atoms with Crippen LogP contribution in [0.3, 0.4) is 0 Å². The van der Waals surface area contributed by atoms with E-state index in [-0.39, 0.29) is 6.04 Å². The fraction of sp³-hybridized carbons (Fsp3) is 0.500. The minimum Gasteiger partial charge on any atom is -0.345 e. The van der Waals surface area contributed by atoms with Crippen LogP contribution in [0, 0.1) is 12.8 Å². The van der Waals surface area contributed by atoms with Gasteiger partial charge in [0.1, 0.15) is 0 Å². The Morgan fingerprint density at radius 3 is 2.75 bits per heavy atom. The van der Waals surface area contributed by atoms with E-state index >= 15 is 0 Å². The molecule has 0 bridgehead atoms. The number of nitrogens with one attached hydrogen (secondary N) is 1. The van der Waals surface area contributed by atoms with Crippen molar-refractivity contribution in [3.8, 4) is 0 Å². The number of hydrogen-bond acceptors (Lipinski definition) is 3. The van der Waals surface area contributed by atoms with Crippen molar-refractivity contribution in [2.75, 3.05) is 0 Å². The smallest absolute Gasteiger partial charge is 0.0875 e. The summed E-state index contributed by atoms with van der Waals surface area (Å²) in [6, 6.07) is 6.12. The van der Waals surface area contributed by atoms with E-state index in [4.69, 9.17) is 16.6 Å². The van der Waals surface area contributed by atoms with Crippen LogP contribution < -0.4 is 5.32 Å². The molecule has 3 nitrogen and oxygen atoms in total. The molecule has 1 heterocycles.